The predicted octanol–water partition coefficient (Wildman–Crippen LogP) is 3.54. The minimum Gasteiger partial charge on any atom is -0.508 e. The predicted molar refractivity (Wildman–Crippen MR) is 162 cm³/mol. The largest absolute Gasteiger partial charge is 0.508 e. The van der Waals surface area contributed by atoms with Crippen molar-refractivity contribution in [1.29, 1.82) is 0 Å². The first kappa shape index (κ1) is 30.8. The lowest BCUT2D eigenvalue weighted by molar-refractivity contribution is -0.231. The molecule has 2 heterocycles. The Morgan fingerprint density at radius 1 is 0.822 bits per heavy atom. The summed E-state index contributed by atoms with van der Waals surface area (Å²) >= 11 is 0. The molecule has 2 aliphatic rings. The van der Waals surface area contributed by atoms with Gasteiger partial charge in [0.1, 0.15) is 42.1 Å². The molecule has 1 amide bonds. The zero-order valence-corrected chi connectivity index (χ0v) is 24.1. The van der Waals surface area contributed by atoms with Crippen molar-refractivity contribution in [2.45, 2.75) is 49.1 Å². The number of aliphatic hydroxyl groups excluding tert-OH is 5. The molecule has 8 atom stereocenters. The van der Waals surface area contributed by atoms with E-state index in [1.807, 2.05) is 24.3 Å². The number of hydrogen-bond donors (Lipinski definition) is 6. The molecule has 6 rings (SSSR count). The van der Waals surface area contributed by atoms with E-state index in [1.165, 1.54) is 24.3 Å². The van der Waals surface area contributed by atoms with Gasteiger partial charge < -0.3 is 40.3 Å². The molecule has 0 radical (unpaired) electrons. The Labute approximate surface area is 259 Å². The van der Waals surface area contributed by atoms with Gasteiger partial charge in [0.2, 0.25) is 5.91 Å². The van der Waals surface area contributed by atoms with Crippen molar-refractivity contribution in [2.24, 2.45) is 5.92 Å². The molecule has 2 fully saturated rings. The summed E-state index contributed by atoms with van der Waals surface area (Å²) in [5.41, 5.74) is 3.61. The number of anilines is 1. The minimum atomic E-state index is -1.49. The number of halogens is 1. The number of phenols is 1. The number of phenolic OH excluding ortho intramolecular Hbond substituents is 1. The zero-order valence-electron chi connectivity index (χ0n) is 24.1. The highest BCUT2D eigenvalue weighted by molar-refractivity contribution is 6.03. The molecule has 1 unspecified atom stereocenters. The van der Waals surface area contributed by atoms with Crippen molar-refractivity contribution in [3.8, 4) is 16.9 Å². The van der Waals surface area contributed by atoms with Gasteiger partial charge in [0.25, 0.3) is 0 Å². The molecule has 0 aromatic heterocycles. The van der Waals surface area contributed by atoms with Crippen LogP contribution < -0.4 is 4.90 Å². The second-order valence-electron chi connectivity index (χ2n) is 11.5. The smallest absolute Gasteiger partial charge is 0.233 e. The Kier molecular flexibility index (Phi) is 8.69. The molecule has 2 saturated heterocycles. The van der Waals surface area contributed by atoms with Gasteiger partial charge in [-0.1, -0.05) is 66.7 Å². The first-order valence-corrected chi connectivity index (χ1v) is 14.7. The maximum absolute atomic E-state index is 13.4. The standard InChI is InChI=1S/C35H34FNO8/c36-23-13-10-20(11-14-23)27(39)17-26-30(37(35(26)44)24-4-2-1-3-5-24)25-15-12-22(16-28(25)40)19-6-8-21(9-7-19)34-33(43)32(42)31(41)29(18-38)45-34/h1-16,26-27,29-34,38-43H,17-18H2/t26-,27-,29-,30-,31-,32+,33-,34?/m1/s1. The Balaban J connectivity index is 1.26. The Morgan fingerprint density at radius 3 is 2.13 bits per heavy atom. The first-order chi connectivity index (χ1) is 21.7. The van der Waals surface area contributed by atoms with Crippen LogP contribution in [-0.4, -0.2) is 67.6 Å². The lowest BCUT2D eigenvalue weighted by Crippen LogP contribution is -2.55. The van der Waals surface area contributed by atoms with E-state index < -0.39 is 61.0 Å². The number of ether oxygens (including phenoxy) is 1. The molecular weight excluding hydrogens is 581 g/mol. The van der Waals surface area contributed by atoms with Gasteiger partial charge in [0, 0.05) is 11.3 Å². The number of para-hydroxylation sites is 1. The van der Waals surface area contributed by atoms with E-state index >= 15 is 0 Å². The zero-order chi connectivity index (χ0) is 31.8. The van der Waals surface area contributed by atoms with Gasteiger partial charge in [0.15, 0.2) is 0 Å². The van der Waals surface area contributed by atoms with Crippen LogP contribution in [-0.2, 0) is 9.53 Å². The SMILES string of the molecule is O=C1[C@H](C[C@@H](O)c2ccc(F)cc2)[C@@H](c2ccc(-c3ccc(C4O[C@H](CO)[C@@H](O)[C@H](O)[C@H]4O)cc3)cc2O)N1c1ccccc1. The summed E-state index contributed by atoms with van der Waals surface area (Å²) in [5.74, 6) is -1.29. The molecular formula is C35H34FNO8. The monoisotopic (exact) mass is 615 g/mol. The quantitative estimate of drug-likeness (QED) is 0.165. The number of rotatable bonds is 8. The first-order valence-electron chi connectivity index (χ1n) is 14.7. The van der Waals surface area contributed by atoms with Gasteiger partial charge in [-0.15, -0.1) is 0 Å². The number of β-lactam (4-membered cyclic amide) rings is 1. The number of amides is 1. The number of aliphatic hydroxyl groups is 5. The summed E-state index contributed by atoms with van der Waals surface area (Å²) in [6.07, 6.45) is -7.25. The van der Waals surface area contributed by atoms with Crippen LogP contribution in [0.15, 0.2) is 97.1 Å². The maximum atomic E-state index is 13.4. The van der Waals surface area contributed by atoms with Crippen molar-refractivity contribution < 1.29 is 44.6 Å². The Bertz CT molecular complexity index is 1630. The molecule has 4 aromatic rings. The topological polar surface area (TPSA) is 151 Å². The molecule has 45 heavy (non-hydrogen) atoms. The summed E-state index contributed by atoms with van der Waals surface area (Å²) in [7, 11) is 0. The van der Waals surface area contributed by atoms with E-state index in [9.17, 15) is 39.8 Å². The van der Waals surface area contributed by atoms with Crippen LogP contribution in [0, 0.1) is 11.7 Å². The molecule has 4 aromatic carbocycles. The number of carbonyl (C=O) groups is 1. The lowest BCUT2D eigenvalue weighted by Gasteiger charge is -2.48. The summed E-state index contributed by atoms with van der Waals surface area (Å²) in [6, 6.07) is 26.1. The van der Waals surface area contributed by atoms with Crippen LogP contribution in [0.4, 0.5) is 10.1 Å². The number of nitrogens with zero attached hydrogens (tertiary/aromatic N) is 1. The molecule has 0 bridgehead atoms. The van der Waals surface area contributed by atoms with E-state index in [2.05, 4.69) is 0 Å². The summed E-state index contributed by atoms with van der Waals surface area (Å²) < 4.78 is 19.1. The van der Waals surface area contributed by atoms with E-state index in [1.54, 1.807) is 53.4 Å². The van der Waals surface area contributed by atoms with Gasteiger partial charge in [-0.05, 0) is 59.0 Å². The van der Waals surface area contributed by atoms with Gasteiger partial charge in [-0.25, -0.2) is 4.39 Å². The Morgan fingerprint density at radius 2 is 1.49 bits per heavy atom. The van der Waals surface area contributed by atoms with Crippen molar-refractivity contribution in [3.63, 3.8) is 0 Å². The van der Waals surface area contributed by atoms with Crippen molar-refractivity contribution in [1.82, 2.24) is 0 Å². The summed E-state index contributed by atoms with van der Waals surface area (Å²) in [4.78, 5) is 15.0. The molecule has 234 valence electrons. The van der Waals surface area contributed by atoms with Crippen LogP contribution >= 0.6 is 0 Å². The van der Waals surface area contributed by atoms with Crippen molar-refractivity contribution in [2.75, 3.05) is 11.5 Å². The molecule has 10 heteroatoms. The van der Waals surface area contributed by atoms with Crippen LogP contribution in [0.5, 0.6) is 5.75 Å². The third-order valence-corrected chi connectivity index (χ3v) is 8.79. The average molecular weight is 616 g/mol. The van der Waals surface area contributed by atoms with Gasteiger partial charge in [-0.3, -0.25) is 4.79 Å². The average Bonchev–Trinajstić information content (AvgIpc) is 3.06. The van der Waals surface area contributed by atoms with Crippen LogP contribution in [0.3, 0.4) is 0 Å². The van der Waals surface area contributed by atoms with Gasteiger partial charge in [0.05, 0.1) is 24.7 Å². The number of benzene rings is 4. The van der Waals surface area contributed by atoms with E-state index in [4.69, 9.17) is 4.74 Å². The molecule has 0 spiro atoms. The third-order valence-electron chi connectivity index (χ3n) is 8.79. The second-order valence-corrected chi connectivity index (χ2v) is 11.5. The summed E-state index contributed by atoms with van der Waals surface area (Å²) in [5, 5.41) is 62.4. The minimum absolute atomic E-state index is 0.0368. The molecule has 9 nitrogen and oxygen atoms in total. The number of aromatic hydroxyl groups is 1. The highest BCUT2D eigenvalue weighted by atomic mass is 19.1. The van der Waals surface area contributed by atoms with Crippen LogP contribution in [0.25, 0.3) is 11.1 Å². The molecule has 6 N–H and O–H groups in total. The highest BCUT2D eigenvalue weighted by Gasteiger charge is 2.50. The van der Waals surface area contributed by atoms with Gasteiger partial charge >= 0.3 is 0 Å². The second kappa shape index (κ2) is 12.7. The van der Waals surface area contributed by atoms with Gasteiger partial charge in [-0.2, -0.15) is 0 Å². The van der Waals surface area contributed by atoms with Crippen molar-refractivity contribution in [3.05, 3.63) is 120 Å². The highest BCUT2D eigenvalue weighted by Crippen LogP contribution is 2.49. The fourth-order valence-electron chi connectivity index (χ4n) is 6.29. The maximum Gasteiger partial charge on any atom is 0.233 e. The van der Waals surface area contributed by atoms with Crippen LogP contribution in [0.1, 0.15) is 41.4 Å². The molecule has 0 saturated carbocycles. The third kappa shape index (κ3) is 5.84. The fraction of sp³-hybridized carbons (Fsp3) is 0.286. The van der Waals surface area contributed by atoms with E-state index in [0.717, 1.165) is 5.56 Å². The Hall–Kier alpha value is -4.16. The van der Waals surface area contributed by atoms with Crippen LogP contribution in [0.2, 0.25) is 0 Å². The fourth-order valence-corrected chi connectivity index (χ4v) is 6.29. The molecule has 0 aliphatic carbocycles. The van der Waals surface area contributed by atoms with E-state index in [0.29, 0.717) is 27.9 Å². The van der Waals surface area contributed by atoms with E-state index in [-0.39, 0.29) is 18.1 Å². The number of carbonyl (C=O) groups excluding carboxylic acids is 1. The number of hydrogen-bond acceptors (Lipinski definition) is 8. The van der Waals surface area contributed by atoms with Crippen molar-refractivity contribution >= 4 is 11.6 Å². The summed E-state index contributed by atoms with van der Waals surface area (Å²) in [6.45, 7) is -0.522. The lowest BCUT2D eigenvalue weighted by atomic mass is 9.77. The normalized spacial score (nSPS) is 27.2. The molecule has 2 aliphatic heterocycles.